The highest BCUT2D eigenvalue weighted by Gasteiger charge is 2.66. The molecule has 0 spiro atoms. The van der Waals surface area contributed by atoms with E-state index in [9.17, 15) is 9.90 Å². The highest BCUT2D eigenvalue weighted by Crippen LogP contribution is 2.61. The number of benzene rings is 1. The molecule has 0 unspecified atom stereocenters. The van der Waals surface area contributed by atoms with Gasteiger partial charge in [-0.3, -0.25) is 4.79 Å². The Bertz CT molecular complexity index is 800. The number of hydrogen-bond donors (Lipinski definition) is 1. The summed E-state index contributed by atoms with van der Waals surface area (Å²) in [4.78, 5) is 12.5. The van der Waals surface area contributed by atoms with Crippen LogP contribution in [0.25, 0.3) is 0 Å². The van der Waals surface area contributed by atoms with Gasteiger partial charge in [0, 0.05) is 5.41 Å². The van der Waals surface area contributed by atoms with Gasteiger partial charge >= 0.3 is 0 Å². The zero-order chi connectivity index (χ0) is 18.5. The third kappa shape index (κ3) is 2.09. The maximum absolute atomic E-state index is 12.5. The molecule has 26 heavy (non-hydrogen) atoms. The minimum atomic E-state index is -1.87. The summed E-state index contributed by atoms with van der Waals surface area (Å²) in [5.41, 5.74) is 0.0205. The van der Waals surface area contributed by atoms with E-state index in [0.29, 0.717) is 30.1 Å². The second-order valence-corrected chi connectivity index (χ2v) is 7.05. The van der Waals surface area contributed by atoms with Crippen molar-refractivity contribution in [2.45, 2.75) is 31.7 Å². The molecule has 0 radical (unpaired) electrons. The Labute approximate surface area is 152 Å². The minimum absolute atomic E-state index is 0.128. The van der Waals surface area contributed by atoms with Crippen LogP contribution in [0.3, 0.4) is 0 Å². The zero-order valence-electron chi connectivity index (χ0n) is 14.9. The number of hydrogen-bond acceptors (Lipinski definition) is 6. The van der Waals surface area contributed by atoms with Gasteiger partial charge in [-0.2, -0.15) is 0 Å². The summed E-state index contributed by atoms with van der Waals surface area (Å²) in [5, 5.41) is 11.2. The van der Waals surface area contributed by atoms with E-state index in [1.54, 1.807) is 13.2 Å². The Hall–Kier alpha value is -2.31. The van der Waals surface area contributed by atoms with E-state index in [1.165, 1.54) is 6.08 Å². The van der Waals surface area contributed by atoms with Gasteiger partial charge in [-0.05, 0) is 42.5 Å². The zero-order valence-corrected chi connectivity index (χ0v) is 14.9. The molecule has 1 aromatic carbocycles. The van der Waals surface area contributed by atoms with Crippen molar-refractivity contribution < 1.29 is 28.8 Å². The van der Waals surface area contributed by atoms with E-state index in [-0.39, 0.29) is 12.7 Å². The monoisotopic (exact) mass is 358 g/mol. The van der Waals surface area contributed by atoms with E-state index in [1.807, 2.05) is 25.1 Å². The Kier molecular flexibility index (Phi) is 3.86. The molecule has 4 atom stereocenters. The van der Waals surface area contributed by atoms with Crippen molar-refractivity contribution in [3.63, 3.8) is 0 Å². The number of aliphatic hydroxyl groups is 1. The summed E-state index contributed by atoms with van der Waals surface area (Å²) in [6.45, 7) is 5.94. The number of methoxy groups -OCH3 is 1. The highest BCUT2D eigenvalue weighted by molar-refractivity contribution is 5.97. The fourth-order valence-corrected chi connectivity index (χ4v) is 4.45. The number of carbonyl (C=O) groups excluding carboxylic acids is 1. The average molecular weight is 358 g/mol. The van der Waals surface area contributed by atoms with Crippen molar-refractivity contribution >= 4 is 5.78 Å². The van der Waals surface area contributed by atoms with E-state index >= 15 is 0 Å². The van der Waals surface area contributed by atoms with Crippen LogP contribution < -0.4 is 14.2 Å². The minimum Gasteiger partial charge on any atom is -0.493 e. The fraction of sp³-hybridized carbons (Fsp3) is 0.450. The normalized spacial score (nSPS) is 34.7. The van der Waals surface area contributed by atoms with Crippen molar-refractivity contribution in [1.29, 1.82) is 0 Å². The first-order valence-corrected chi connectivity index (χ1v) is 8.66. The lowest BCUT2D eigenvalue weighted by Gasteiger charge is -2.42. The van der Waals surface area contributed by atoms with Crippen LogP contribution in [0.15, 0.2) is 36.9 Å². The highest BCUT2D eigenvalue weighted by atomic mass is 16.7. The molecule has 0 amide bonds. The largest absolute Gasteiger partial charge is 0.493 e. The summed E-state index contributed by atoms with van der Waals surface area (Å²) in [6, 6.07) is 3.64. The third-order valence-corrected chi connectivity index (χ3v) is 5.90. The van der Waals surface area contributed by atoms with Crippen LogP contribution in [0, 0.1) is 11.3 Å². The maximum Gasteiger partial charge on any atom is 0.237 e. The number of allylic oxidation sites excluding steroid dienone is 2. The van der Waals surface area contributed by atoms with Crippen molar-refractivity contribution in [1.82, 2.24) is 0 Å². The average Bonchev–Trinajstić information content (AvgIpc) is 3.19. The van der Waals surface area contributed by atoms with Crippen LogP contribution in [0.1, 0.15) is 31.4 Å². The molecule has 1 N–H and O–H groups in total. The molecule has 0 saturated carbocycles. The molecule has 6 nitrogen and oxygen atoms in total. The van der Waals surface area contributed by atoms with Crippen molar-refractivity contribution in [2.24, 2.45) is 11.3 Å². The lowest BCUT2D eigenvalue weighted by Crippen LogP contribution is -2.54. The number of rotatable bonds is 4. The van der Waals surface area contributed by atoms with Crippen LogP contribution in [0.4, 0.5) is 0 Å². The summed E-state index contributed by atoms with van der Waals surface area (Å²) < 4.78 is 22.4. The SMILES string of the molecule is C=CC[C@@]12CC=CC(=O)[C@]1(O)O[C@@H](c1cc(OC)c3c(c1)OCO3)[C@@H]2C. The summed E-state index contributed by atoms with van der Waals surface area (Å²) in [6.07, 6.45) is 5.46. The third-order valence-electron chi connectivity index (χ3n) is 5.90. The number of ether oxygens (including phenoxy) is 4. The molecule has 0 bridgehead atoms. The summed E-state index contributed by atoms with van der Waals surface area (Å²) in [7, 11) is 1.56. The molecular weight excluding hydrogens is 336 g/mol. The van der Waals surface area contributed by atoms with Crippen LogP contribution in [-0.4, -0.2) is 30.6 Å². The van der Waals surface area contributed by atoms with Gasteiger partial charge in [-0.25, -0.2) is 0 Å². The molecule has 0 aromatic heterocycles. The molecule has 2 heterocycles. The smallest absolute Gasteiger partial charge is 0.237 e. The quantitative estimate of drug-likeness (QED) is 0.834. The van der Waals surface area contributed by atoms with Crippen LogP contribution in [0.5, 0.6) is 17.2 Å². The van der Waals surface area contributed by atoms with Gasteiger partial charge in [0.2, 0.25) is 24.1 Å². The van der Waals surface area contributed by atoms with E-state index in [0.717, 1.165) is 5.56 Å². The van der Waals surface area contributed by atoms with Gasteiger partial charge in [0.15, 0.2) is 11.5 Å². The molecule has 1 aliphatic carbocycles. The van der Waals surface area contributed by atoms with Gasteiger partial charge in [-0.1, -0.05) is 19.1 Å². The molecular formula is C20H22O6. The lowest BCUT2D eigenvalue weighted by atomic mass is 9.62. The van der Waals surface area contributed by atoms with Crippen LogP contribution in [-0.2, 0) is 9.53 Å². The molecule has 4 rings (SSSR count). The summed E-state index contributed by atoms with van der Waals surface area (Å²) >= 11 is 0. The van der Waals surface area contributed by atoms with Crippen LogP contribution in [0.2, 0.25) is 0 Å². The fourth-order valence-electron chi connectivity index (χ4n) is 4.45. The van der Waals surface area contributed by atoms with Crippen LogP contribution >= 0.6 is 0 Å². The number of ketones is 1. The summed E-state index contributed by atoms with van der Waals surface area (Å²) in [5.74, 6) is -0.772. The molecule has 2 aliphatic heterocycles. The Morgan fingerprint density at radius 3 is 2.96 bits per heavy atom. The Balaban J connectivity index is 1.80. The molecule has 1 aromatic rings. The number of carbonyl (C=O) groups is 1. The topological polar surface area (TPSA) is 74.2 Å². The molecule has 138 valence electrons. The molecule has 1 saturated heterocycles. The second kappa shape index (κ2) is 5.86. The van der Waals surface area contributed by atoms with Gasteiger partial charge in [0.25, 0.3) is 0 Å². The Morgan fingerprint density at radius 2 is 2.23 bits per heavy atom. The number of fused-ring (bicyclic) bond motifs is 2. The van der Waals surface area contributed by atoms with Gasteiger partial charge in [0.05, 0.1) is 13.2 Å². The van der Waals surface area contributed by atoms with Gasteiger partial charge in [0.1, 0.15) is 0 Å². The van der Waals surface area contributed by atoms with Gasteiger partial charge < -0.3 is 24.1 Å². The predicted octanol–water partition coefficient (Wildman–Crippen LogP) is 2.91. The van der Waals surface area contributed by atoms with E-state index in [2.05, 4.69) is 6.58 Å². The van der Waals surface area contributed by atoms with Gasteiger partial charge in [-0.15, -0.1) is 6.58 Å². The Morgan fingerprint density at radius 1 is 1.42 bits per heavy atom. The first-order chi connectivity index (χ1) is 12.5. The van der Waals surface area contributed by atoms with E-state index < -0.39 is 23.1 Å². The maximum atomic E-state index is 12.5. The lowest BCUT2D eigenvalue weighted by molar-refractivity contribution is -0.229. The predicted molar refractivity (Wildman–Crippen MR) is 93.1 cm³/mol. The molecule has 1 fully saturated rings. The van der Waals surface area contributed by atoms with Crippen molar-refractivity contribution in [3.05, 3.63) is 42.5 Å². The first kappa shape index (κ1) is 17.1. The standard InChI is InChI=1S/C20H22O6/c1-4-7-19-8-5-6-16(21)20(19,22)26-17(12(19)2)13-9-14(23-3)18-15(10-13)24-11-25-18/h4-6,9-10,12,17,22H,1,7-8,11H2,2-3H3/t12-,17+,19-,20-/m0/s1. The van der Waals surface area contributed by atoms with Crippen molar-refractivity contribution in [3.8, 4) is 17.2 Å². The molecule has 6 heteroatoms. The first-order valence-electron chi connectivity index (χ1n) is 8.66. The van der Waals surface area contributed by atoms with E-state index in [4.69, 9.17) is 18.9 Å². The molecule has 3 aliphatic rings. The van der Waals surface area contributed by atoms with Crippen molar-refractivity contribution in [2.75, 3.05) is 13.9 Å². The second-order valence-electron chi connectivity index (χ2n) is 7.05.